The summed E-state index contributed by atoms with van der Waals surface area (Å²) >= 11 is 0. The average Bonchev–Trinajstić information content (AvgIpc) is 2.55. The molecule has 0 aromatic heterocycles. The van der Waals surface area contributed by atoms with Crippen molar-refractivity contribution in [1.29, 1.82) is 0 Å². The smallest absolute Gasteiger partial charge is 0.221 e. The van der Waals surface area contributed by atoms with E-state index >= 15 is 0 Å². The predicted octanol–water partition coefficient (Wildman–Crippen LogP) is 2.97. The van der Waals surface area contributed by atoms with Gasteiger partial charge in [-0.05, 0) is 36.1 Å². The third-order valence-corrected chi connectivity index (χ3v) is 3.78. The van der Waals surface area contributed by atoms with E-state index in [4.69, 9.17) is 0 Å². The van der Waals surface area contributed by atoms with Gasteiger partial charge in [-0.2, -0.15) is 0 Å². The van der Waals surface area contributed by atoms with Crippen molar-refractivity contribution >= 4 is 5.91 Å². The summed E-state index contributed by atoms with van der Waals surface area (Å²) in [5.74, 6) is -0.236. The number of nitrogens with one attached hydrogen (secondary N) is 2. The van der Waals surface area contributed by atoms with Crippen molar-refractivity contribution in [2.24, 2.45) is 0 Å². The number of aryl methyl sites for hydroxylation is 1. The highest BCUT2D eigenvalue weighted by Gasteiger charge is 2.03. The predicted molar refractivity (Wildman–Crippen MR) is 90.6 cm³/mol. The lowest BCUT2D eigenvalue weighted by atomic mass is 10.1. The number of hydrogen-bond donors (Lipinski definition) is 2. The zero-order chi connectivity index (χ0) is 16.5. The number of rotatable bonds is 8. The lowest BCUT2D eigenvalue weighted by Crippen LogP contribution is -2.29. The lowest BCUT2D eigenvalue weighted by Gasteiger charge is -2.08. The van der Waals surface area contributed by atoms with E-state index in [0.29, 0.717) is 31.5 Å². The molecule has 0 fully saturated rings. The Morgan fingerprint density at radius 3 is 2.43 bits per heavy atom. The van der Waals surface area contributed by atoms with Crippen LogP contribution in [0.15, 0.2) is 48.5 Å². The van der Waals surface area contributed by atoms with Crippen molar-refractivity contribution in [3.05, 3.63) is 71.0 Å². The van der Waals surface area contributed by atoms with Gasteiger partial charge in [-0.25, -0.2) is 4.39 Å². The van der Waals surface area contributed by atoms with Crippen molar-refractivity contribution in [2.75, 3.05) is 13.1 Å². The second-order valence-corrected chi connectivity index (χ2v) is 5.54. The molecular weight excluding hydrogens is 291 g/mol. The topological polar surface area (TPSA) is 41.1 Å². The van der Waals surface area contributed by atoms with Crippen LogP contribution in [-0.4, -0.2) is 19.0 Å². The van der Waals surface area contributed by atoms with E-state index in [-0.39, 0.29) is 11.7 Å². The highest BCUT2D eigenvalue weighted by molar-refractivity contribution is 5.76. The Labute approximate surface area is 136 Å². The van der Waals surface area contributed by atoms with Crippen LogP contribution < -0.4 is 10.6 Å². The summed E-state index contributed by atoms with van der Waals surface area (Å²) in [7, 11) is 0. The van der Waals surface area contributed by atoms with E-state index in [2.05, 4.69) is 29.7 Å². The molecule has 0 spiro atoms. The molecule has 0 atom stereocenters. The van der Waals surface area contributed by atoms with E-state index in [1.165, 1.54) is 17.2 Å². The standard InChI is InChI=1S/C19H23FN2O/c1-15-6-2-3-8-17(15)14-21-12-11-19(23)22-13-10-16-7-4-5-9-18(16)20/h2-9,21H,10-14H2,1H3,(H,22,23). The second kappa shape index (κ2) is 9.06. The van der Waals surface area contributed by atoms with Crippen LogP contribution >= 0.6 is 0 Å². The van der Waals surface area contributed by atoms with Crippen LogP contribution in [-0.2, 0) is 17.8 Å². The maximum atomic E-state index is 13.4. The molecule has 4 heteroatoms. The average molecular weight is 314 g/mol. The summed E-state index contributed by atoms with van der Waals surface area (Å²) in [6.45, 7) is 3.92. The van der Waals surface area contributed by atoms with Crippen molar-refractivity contribution in [2.45, 2.75) is 26.3 Å². The first kappa shape index (κ1) is 17.2. The first-order chi connectivity index (χ1) is 11.2. The highest BCUT2D eigenvalue weighted by atomic mass is 19.1. The Kier molecular flexibility index (Phi) is 6.76. The van der Waals surface area contributed by atoms with Gasteiger partial charge in [-0.1, -0.05) is 42.5 Å². The number of hydrogen-bond acceptors (Lipinski definition) is 2. The summed E-state index contributed by atoms with van der Waals surface area (Å²) in [6, 6.07) is 14.8. The van der Waals surface area contributed by atoms with Gasteiger partial charge in [0.25, 0.3) is 0 Å². The SMILES string of the molecule is Cc1ccccc1CNCCC(=O)NCCc1ccccc1F. The fourth-order valence-corrected chi connectivity index (χ4v) is 2.36. The van der Waals surface area contributed by atoms with Crippen molar-refractivity contribution in [3.63, 3.8) is 0 Å². The molecule has 2 aromatic carbocycles. The van der Waals surface area contributed by atoms with Gasteiger partial charge in [0.15, 0.2) is 0 Å². The Bertz CT molecular complexity index is 643. The fourth-order valence-electron chi connectivity index (χ4n) is 2.36. The molecule has 2 aromatic rings. The minimum Gasteiger partial charge on any atom is -0.356 e. The van der Waals surface area contributed by atoms with Crippen LogP contribution in [0.3, 0.4) is 0 Å². The summed E-state index contributed by atoms with van der Waals surface area (Å²) in [4.78, 5) is 11.8. The van der Waals surface area contributed by atoms with Crippen LogP contribution in [0.4, 0.5) is 4.39 Å². The lowest BCUT2D eigenvalue weighted by molar-refractivity contribution is -0.120. The first-order valence-electron chi connectivity index (χ1n) is 7.92. The third kappa shape index (κ3) is 5.83. The molecule has 0 aliphatic carbocycles. The molecule has 0 saturated heterocycles. The maximum absolute atomic E-state index is 13.4. The highest BCUT2D eigenvalue weighted by Crippen LogP contribution is 2.07. The molecular formula is C19H23FN2O. The zero-order valence-electron chi connectivity index (χ0n) is 13.4. The second-order valence-electron chi connectivity index (χ2n) is 5.54. The van der Waals surface area contributed by atoms with E-state index in [9.17, 15) is 9.18 Å². The number of benzene rings is 2. The molecule has 0 aliphatic rings. The molecule has 1 amide bonds. The zero-order valence-corrected chi connectivity index (χ0v) is 13.4. The minimum absolute atomic E-state index is 0.0152. The van der Waals surface area contributed by atoms with Gasteiger partial charge in [0, 0.05) is 26.1 Å². The Morgan fingerprint density at radius 1 is 1.00 bits per heavy atom. The van der Waals surface area contributed by atoms with E-state index in [0.717, 1.165) is 6.54 Å². The molecule has 122 valence electrons. The van der Waals surface area contributed by atoms with Crippen molar-refractivity contribution < 1.29 is 9.18 Å². The van der Waals surface area contributed by atoms with Crippen LogP contribution in [0, 0.1) is 12.7 Å². The molecule has 0 heterocycles. The van der Waals surface area contributed by atoms with E-state index in [1.54, 1.807) is 18.2 Å². The summed E-state index contributed by atoms with van der Waals surface area (Å²) in [6.07, 6.45) is 0.929. The fraction of sp³-hybridized carbons (Fsp3) is 0.316. The maximum Gasteiger partial charge on any atom is 0.221 e. The number of carbonyl (C=O) groups is 1. The Balaban J connectivity index is 1.60. The van der Waals surface area contributed by atoms with Crippen LogP contribution in [0.5, 0.6) is 0 Å². The van der Waals surface area contributed by atoms with E-state index < -0.39 is 0 Å². The van der Waals surface area contributed by atoms with Gasteiger partial charge in [-0.15, -0.1) is 0 Å². The van der Waals surface area contributed by atoms with Crippen molar-refractivity contribution in [1.82, 2.24) is 10.6 Å². The molecule has 0 unspecified atom stereocenters. The minimum atomic E-state index is -0.221. The van der Waals surface area contributed by atoms with Gasteiger partial charge >= 0.3 is 0 Å². The first-order valence-corrected chi connectivity index (χ1v) is 7.92. The van der Waals surface area contributed by atoms with Gasteiger partial charge in [-0.3, -0.25) is 4.79 Å². The monoisotopic (exact) mass is 314 g/mol. The molecule has 2 N–H and O–H groups in total. The van der Waals surface area contributed by atoms with Crippen LogP contribution in [0.2, 0.25) is 0 Å². The van der Waals surface area contributed by atoms with E-state index in [1.807, 2.05) is 12.1 Å². The molecule has 2 rings (SSSR count). The van der Waals surface area contributed by atoms with Gasteiger partial charge in [0.2, 0.25) is 5.91 Å². The summed E-state index contributed by atoms with van der Waals surface area (Å²) in [5, 5.41) is 6.09. The summed E-state index contributed by atoms with van der Waals surface area (Å²) in [5.41, 5.74) is 3.12. The molecule has 23 heavy (non-hydrogen) atoms. The number of carbonyl (C=O) groups excluding carboxylic acids is 1. The van der Waals surface area contributed by atoms with Gasteiger partial charge in [0.1, 0.15) is 5.82 Å². The van der Waals surface area contributed by atoms with Gasteiger partial charge in [0.05, 0.1) is 0 Å². The van der Waals surface area contributed by atoms with Crippen LogP contribution in [0.1, 0.15) is 23.1 Å². The van der Waals surface area contributed by atoms with Crippen molar-refractivity contribution in [3.8, 4) is 0 Å². The molecule has 3 nitrogen and oxygen atoms in total. The largest absolute Gasteiger partial charge is 0.356 e. The third-order valence-electron chi connectivity index (χ3n) is 3.78. The normalized spacial score (nSPS) is 10.5. The number of halogens is 1. The Morgan fingerprint density at radius 2 is 1.70 bits per heavy atom. The molecule has 0 bridgehead atoms. The molecule has 0 radical (unpaired) electrons. The Hall–Kier alpha value is -2.20. The summed E-state index contributed by atoms with van der Waals surface area (Å²) < 4.78 is 13.4. The number of amides is 1. The quantitative estimate of drug-likeness (QED) is 0.736. The molecule has 0 aliphatic heterocycles. The van der Waals surface area contributed by atoms with Gasteiger partial charge < -0.3 is 10.6 Å². The van der Waals surface area contributed by atoms with Crippen LogP contribution in [0.25, 0.3) is 0 Å². The molecule has 0 saturated carbocycles.